The first-order chi connectivity index (χ1) is 14.4. The highest BCUT2D eigenvalue weighted by Crippen LogP contribution is 2.41. The number of hydrogen-bond acceptors (Lipinski definition) is 5. The van der Waals surface area contributed by atoms with Gasteiger partial charge in [0.15, 0.2) is 5.78 Å². The number of benzene rings is 2. The lowest BCUT2D eigenvalue weighted by atomic mass is 9.90. The Morgan fingerprint density at radius 2 is 1.87 bits per heavy atom. The van der Waals surface area contributed by atoms with Crippen molar-refractivity contribution in [3.8, 4) is 0 Å². The zero-order valence-electron chi connectivity index (χ0n) is 17.2. The Kier molecular flexibility index (Phi) is 5.26. The lowest BCUT2D eigenvalue weighted by Gasteiger charge is -2.21. The number of hydrogen-bond donors (Lipinski definition) is 2. The van der Waals surface area contributed by atoms with Crippen molar-refractivity contribution in [1.82, 2.24) is 4.98 Å². The molecule has 0 amide bonds. The van der Waals surface area contributed by atoms with Gasteiger partial charge in [-0.05, 0) is 23.8 Å². The molecule has 1 aromatic heterocycles. The lowest BCUT2D eigenvalue weighted by molar-refractivity contribution is 0.0999. The number of Topliss-reactive ketones (excluding diaryl/α,β-unsaturated/α-hetero) is 1. The van der Waals surface area contributed by atoms with Crippen LogP contribution >= 0.6 is 0 Å². The average Bonchev–Trinajstić information content (AvgIpc) is 2.98. The topological polar surface area (TPSA) is 71.2 Å². The van der Waals surface area contributed by atoms with Crippen LogP contribution in [0.5, 0.6) is 0 Å². The molecule has 0 unspecified atom stereocenters. The zero-order chi connectivity index (χ0) is 21.3. The number of nitrogens with zero attached hydrogens (tertiary/aromatic N) is 2. The molecule has 0 saturated heterocycles. The van der Waals surface area contributed by atoms with Gasteiger partial charge in [-0.2, -0.15) is 0 Å². The molecule has 0 atom stereocenters. The fourth-order valence-corrected chi connectivity index (χ4v) is 4.03. The monoisotopic (exact) mass is 404 g/mol. The van der Waals surface area contributed by atoms with Crippen molar-refractivity contribution in [3.63, 3.8) is 0 Å². The van der Waals surface area contributed by atoms with Crippen molar-refractivity contribution in [1.29, 1.82) is 0 Å². The number of anilines is 2. The van der Waals surface area contributed by atoms with Gasteiger partial charge in [0.25, 0.3) is 0 Å². The molecule has 2 heterocycles. The summed E-state index contributed by atoms with van der Waals surface area (Å²) in [6.07, 6.45) is 0.557. The second-order valence-electron chi connectivity index (χ2n) is 8.34. The number of nitrogens with one attached hydrogen (secondary N) is 1. The van der Waals surface area contributed by atoms with Gasteiger partial charge >= 0.3 is 0 Å². The molecule has 3 aromatic rings. The normalized spacial score (nSPS) is 14.5. The van der Waals surface area contributed by atoms with Gasteiger partial charge in [0.2, 0.25) is 0 Å². The Bertz CT molecular complexity index is 1060. The number of ketones is 1. The van der Waals surface area contributed by atoms with Crippen LogP contribution in [0.3, 0.4) is 0 Å². The average molecular weight is 404 g/mol. The molecule has 154 valence electrons. The summed E-state index contributed by atoms with van der Waals surface area (Å²) in [6, 6.07) is 17.8. The second kappa shape index (κ2) is 7.88. The molecular weight excluding hydrogens is 379 g/mol. The molecule has 0 fully saturated rings. The molecule has 1 aliphatic heterocycles. The van der Waals surface area contributed by atoms with E-state index in [-0.39, 0.29) is 23.6 Å². The number of nitrogen functional groups attached to an aromatic ring is 1. The predicted octanol–water partition coefficient (Wildman–Crippen LogP) is 4.08. The maximum absolute atomic E-state index is 13.3. The summed E-state index contributed by atoms with van der Waals surface area (Å²) in [4.78, 5) is 19.7. The van der Waals surface area contributed by atoms with Gasteiger partial charge < -0.3 is 10.3 Å². The van der Waals surface area contributed by atoms with Gasteiger partial charge in [0.1, 0.15) is 11.6 Å². The SMILES string of the molecule is CC1(C)CN(CC(=O)c2ccccc2)c2cc(Cc3ccc(F)cc3)c(NN)nc21. The minimum absolute atomic E-state index is 0.0698. The third kappa shape index (κ3) is 3.91. The second-order valence-corrected chi connectivity index (χ2v) is 8.34. The molecule has 0 spiro atoms. The Morgan fingerprint density at radius 1 is 1.17 bits per heavy atom. The minimum atomic E-state index is -0.268. The maximum Gasteiger partial charge on any atom is 0.182 e. The molecule has 0 aliphatic carbocycles. The number of carbonyl (C=O) groups is 1. The van der Waals surface area contributed by atoms with Crippen molar-refractivity contribution in [3.05, 3.63) is 88.9 Å². The summed E-state index contributed by atoms with van der Waals surface area (Å²) in [7, 11) is 0. The smallest absolute Gasteiger partial charge is 0.182 e. The number of halogens is 1. The highest BCUT2D eigenvalue weighted by molar-refractivity contribution is 5.99. The predicted molar refractivity (Wildman–Crippen MR) is 117 cm³/mol. The van der Waals surface area contributed by atoms with Gasteiger partial charge in [-0.25, -0.2) is 15.2 Å². The lowest BCUT2D eigenvalue weighted by Crippen LogP contribution is -2.33. The number of hydrazine groups is 1. The van der Waals surface area contributed by atoms with Gasteiger partial charge in [0.05, 0.1) is 17.9 Å². The van der Waals surface area contributed by atoms with Crippen molar-refractivity contribution < 1.29 is 9.18 Å². The van der Waals surface area contributed by atoms with E-state index in [4.69, 9.17) is 10.8 Å². The Hall–Kier alpha value is -3.25. The summed E-state index contributed by atoms with van der Waals surface area (Å²) in [6.45, 7) is 5.21. The first-order valence-corrected chi connectivity index (χ1v) is 9.96. The first-order valence-electron chi connectivity index (χ1n) is 9.96. The molecule has 1 aliphatic rings. The maximum atomic E-state index is 13.3. The van der Waals surface area contributed by atoms with Crippen molar-refractivity contribution in [2.24, 2.45) is 5.84 Å². The molecule has 0 saturated carbocycles. The molecule has 2 aromatic carbocycles. The Labute approximate surface area is 175 Å². The van der Waals surface area contributed by atoms with Crippen LogP contribution in [0.1, 0.15) is 41.0 Å². The minimum Gasteiger partial charge on any atom is -0.361 e. The van der Waals surface area contributed by atoms with E-state index in [2.05, 4.69) is 24.2 Å². The summed E-state index contributed by atoms with van der Waals surface area (Å²) < 4.78 is 13.3. The molecular formula is C24H25FN4O. The summed E-state index contributed by atoms with van der Waals surface area (Å²) in [5.74, 6) is 6.16. The molecule has 6 heteroatoms. The third-order valence-corrected chi connectivity index (χ3v) is 5.52. The van der Waals surface area contributed by atoms with Crippen LogP contribution in [-0.4, -0.2) is 23.9 Å². The quantitative estimate of drug-likeness (QED) is 0.368. The Morgan fingerprint density at radius 3 is 2.53 bits per heavy atom. The van der Waals surface area contributed by atoms with E-state index in [0.717, 1.165) is 22.5 Å². The van der Waals surface area contributed by atoms with Crippen molar-refractivity contribution in [2.75, 3.05) is 23.4 Å². The number of rotatable bonds is 6. The van der Waals surface area contributed by atoms with E-state index in [1.54, 1.807) is 12.1 Å². The summed E-state index contributed by atoms with van der Waals surface area (Å²) >= 11 is 0. The van der Waals surface area contributed by atoms with Crippen molar-refractivity contribution >= 4 is 17.3 Å². The number of carbonyl (C=O) groups excluding carboxylic acids is 1. The molecule has 4 rings (SSSR count). The molecule has 30 heavy (non-hydrogen) atoms. The number of fused-ring (bicyclic) bond motifs is 1. The molecule has 0 radical (unpaired) electrons. The Balaban J connectivity index is 1.68. The highest BCUT2D eigenvalue weighted by Gasteiger charge is 2.38. The summed E-state index contributed by atoms with van der Waals surface area (Å²) in [5.41, 5.74) is 6.91. The van der Waals surface area contributed by atoms with Crippen LogP contribution in [0.25, 0.3) is 0 Å². The van der Waals surface area contributed by atoms with Gasteiger partial charge in [0, 0.05) is 29.5 Å². The van der Waals surface area contributed by atoms with E-state index in [1.165, 1.54) is 12.1 Å². The number of aromatic nitrogens is 1. The van der Waals surface area contributed by atoms with E-state index in [0.29, 0.717) is 24.3 Å². The fourth-order valence-electron chi connectivity index (χ4n) is 4.03. The standard InChI is InChI=1S/C24H25FN4O/c1-24(2)15-29(14-21(30)17-6-4-3-5-7-17)20-13-18(23(28-26)27-22(20)24)12-16-8-10-19(25)11-9-16/h3-11,13H,12,14-15,26H2,1-2H3,(H,27,28). The third-order valence-electron chi connectivity index (χ3n) is 5.52. The largest absolute Gasteiger partial charge is 0.361 e. The van der Waals surface area contributed by atoms with Crippen LogP contribution in [0.15, 0.2) is 60.7 Å². The van der Waals surface area contributed by atoms with Crippen molar-refractivity contribution in [2.45, 2.75) is 25.7 Å². The van der Waals surface area contributed by atoms with E-state index in [9.17, 15) is 9.18 Å². The van der Waals surface area contributed by atoms with Gasteiger partial charge in [-0.3, -0.25) is 4.79 Å². The fraction of sp³-hybridized carbons (Fsp3) is 0.250. The molecule has 3 N–H and O–H groups in total. The van der Waals surface area contributed by atoms with Crippen LogP contribution in [0, 0.1) is 5.82 Å². The number of pyridine rings is 1. The van der Waals surface area contributed by atoms with E-state index < -0.39 is 0 Å². The van der Waals surface area contributed by atoms with Gasteiger partial charge in [-0.15, -0.1) is 0 Å². The summed E-state index contributed by atoms with van der Waals surface area (Å²) in [5, 5.41) is 0. The van der Waals surface area contributed by atoms with Crippen LogP contribution in [0.2, 0.25) is 0 Å². The molecule has 5 nitrogen and oxygen atoms in total. The van der Waals surface area contributed by atoms with Crippen LogP contribution < -0.4 is 16.2 Å². The van der Waals surface area contributed by atoms with Crippen LogP contribution in [0.4, 0.5) is 15.9 Å². The first kappa shape index (κ1) is 20.0. The zero-order valence-corrected chi connectivity index (χ0v) is 17.2. The molecule has 0 bridgehead atoms. The van der Waals surface area contributed by atoms with E-state index in [1.807, 2.05) is 36.4 Å². The highest BCUT2D eigenvalue weighted by atomic mass is 19.1. The van der Waals surface area contributed by atoms with Gasteiger partial charge in [-0.1, -0.05) is 56.3 Å². The number of nitrogens with two attached hydrogens (primary N) is 1. The van der Waals surface area contributed by atoms with Crippen LogP contribution in [-0.2, 0) is 11.8 Å². The van der Waals surface area contributed by atoms with E-state index >= 15 is 0 Å².